The highest BCUT2D eigenvalue weighted by Gasteiger charge is 2.03. The molecular formula is C14H12ClF2NS. The van der Waals surface area contributed by atoms with Crippen LogP contribution in [0.4, 0.5) is 14.5 Å². The van der Waals surface area contributed by atoms with Crippen LogP contribution in [0.25, 0.3) is 0 Å². The maximum absolute atomic E-state index is 13.3. The molecule has 19 heavy (non-hydrogen) atoms. The zero-order chi connectivity index (χ0) is 13.7. The summed E-state index contributed by atoms with van der Waals surface area (Å²) < 4.78 is 26.1. The number of thioether (sulfide) groups is 1. The van der Waals surface area contributed by atoms with Crippen molar-refractivity contribution in [2.45, 2.75) is 4.90 Å². The van der Waals surface area contributed by atoms with Gasteiger partial charge in [0.05, 0.1) is 0 Å². The predicted octanol–water partition coefficient (Wildman–Crippen LogP) is 4.82. The summed E-state index contributed by atoms with van der Waals surface area (Å²) in [4.78, 5) is 0.458. The summed E-state index contributed by atoms with van der Waals surface area (Å²) in [6, 6.07) is 11.0. The molecular weight excluding hydrogens is 288 g/mol. The molecule has 0 amide bonds. The van der Waals surface area contributed by atoms with Crippen LogP contribution in [0.1, 0.15) is 0 Å². The van der Waals surface area contributed by atoms with E-state index in [1.807, 2.05) is 12.1 Å². The lowest BCUT2D eigenvalue weighted by Crippen LogP contribution is -2.03. The molecule has 0 saturated heterocycles. The summed E-state index contributed by atoms with van der Waals surface area (Å²) >= 11 is 7.13. The Hall–Kier alpha value is -1.26. The largest absolute Gasteiger partial charge is 0.384 e. The van der Waals surface area contributed by atoms with Crippen molar-refractivity contribution in [3.63, 3.8) is 0 Å². The molecule has 0 heterocycles. The molecule has 0 aliphatic rings. The van der Waals surface area contributed by atoms with Crippen molar-refractivity contribution in [2.75, 3.05) is 17.6 Å². The minimum Gasteiger partial charge on any atom is -0.384 e. The molecule has 1 N–H and O–H groups in total. The van der Waals surface area contributed by atoms with Crippen LogP contribution in [-0.2, 0) is 0 Å². The van der Waals surface area contributed by atoms with Crippen LogP contribution in [0.5, 0.6) is 0 Å². The Morgan fingerprint density at radius 1 is 1.05 bits per heavy atom. The summed E-state index contributed by atoms with van der Waals surface area (Å²) in [6.07, 6.45) is 0. The summed E-state index contributed by atoms with van der Waals surface area (Å²) in [5.74, 6) is -0.386. The number of nitrogens with one attached hydrogen (secondary N) is 1. The average Bonchev–Trinajstić information content (AvgIpc) is 2.39. The quantitative estimate of drug-likeness (QED) is 0.627. The van der Waals surface area contributed by atoms with Gasteiger partial charge in [-0.1, -0.05) is 11.6 Å². The van der Waals surface area contributed by atoms with Gasteiger partial charge in [-0.2, -0.15) is 0 Å². The average molecular weight is 300 g/mol. The first-order valence-corrected chi connectivity index (χ1v) is 7.09. The van der Waals surface area contributed by atoms with E-state index in [1.54, 1.807) is 12.1 Å². The predicted molar refractivity (Wildman–Crippen MR) is 77.0 cm³/mol. The van der Waals surface area contributed by atoms with Gasteiger partial charge in [0.1, 0.15) is 11.6 Å². The number of hydrogen-bond donors (Lipinski definition) is 1. The summed E-state index contributed by atoms with van der Waals surface area (Å²) in [7, 11) is 0. The van der Waals surface area contributed by atoms with E-state index in [2.05, 4.69) is 5.32 Å². The van der Waals surface area contributed by atoms with Crippen LogP contribution in [0.15, 0.2) is 47.4 Å². The van der Waals surface area contributed by atoms with Crippen LogP contribution < -0.4 is 5.32 Å². The van der Waals surface area contributed by atoms with Crippen molar-refractivity contribution >= 4 is 29.1 Å². The van der Waals surface area contributed by atoms with Gasteiger partial charge < -0.3 is 5.32 Å². The Labute approximate surface area is 120 Å². The molecule has 5 heteroatoms. The first kappa shape index (κ1) is 14.2. The van der Waals surface area contributed by atoms with E-state index >= 15 is 0 Å². The maximum Gasteiger partial charge on any atom is 0.139 e. The lowest BCUT2D eigenvalue weighted by molar-refractivity contribution is 0.566. The third-order valence-electron chi connectivity index (χ3n) is 2.43. The third kappa shape index (κ3) is 4.40. The fourth-order valence-corrected chi connectivity index (χ4v) is 2.43. The van der Waals surface area contributed by atoms with Gasteiger partial charge >= 0.3 is 0 Å². The lowest BCUT2D eigenvalue weighted by atomic mass is 10.3. The van der Waals surface area contributed by atoms with E-state index in [4.69, 9.17) is 11.6 Å². The molecule has 0 aliphatic carbocycles. The van der Waals surface area contributed by atoms with Gasteiger partial charge in [-0.05, 0) is 36.4 Å². The highest BCUT2D eigenvalue weighted by atomic mass is 35.5. The summed E-state index contributed by atoms with van der Waals surface area (Å²) in [6.45, 7) is 0.684. The first-order valence-electron chi connectivity index (χ1n) is 5.72. The second-order valence-corrected chi connectivity index (χ2v) is 5.43. The number of hydrogen-bond acceptors (Lipinski definition) is 2. The molecule has 0 bridgehead atoms. The van der Waals surface area contributed by atoms with Crippen molar-refractivity contribution in [3.05, 3.63) is 59.1 Å². The highest BCUT2D eigenvalue weighted by molar-refractivity contribution is 7.99. The second-order valence-electron chi connectivity index (χ2n) is 3.86. The number of anilines is 1. The van der Waals surface area contributed by atoms with E-state index in [0.717, 1.165) is 11.8 Å². The molecule has 0 aromatic heterocycles. The van der Waals surface area contributed by atoms with E-state index in [9.17, 15) is 8.78 Å². The van der Waals surface area contributed by atoms with Gasteiger partial charge in [0.2, 0.25) is 0 Å². The zero-order valence-electron chi connectivity index (χ0n) is 10.00. The molecule has 0 spiro atoms. The molecule has 100 valence electrons. The Morgan fingerprint density at radius 3 is 2.47 bits per heavy atom. The van der Waals surface area contributed by atoms with Crippen molar-refractivity contribution in [3.8, 4) is 0 Å². The Bertz CT molecular complexity index is 546. The first-order chi connectivity index (χ1) is 9.15. The van der Waals surface area contributed by atoms with Crippen molar-refractivity contribution in [1.82, 2.24) is 0 Å². The van der Waals surface area contributed by atoms with Crippen molar-refractivity contribution in [2.24, 2.45) is 0 Å². The molecule has 0 fully saturated rings. The number of halogens is 3. The molecule has 0 radical (unpaired) electrons. The zero-order valence-corrected chi connectivity index (χ0v) is 11.6. The SMILES string of the molecule is Fc1ccc(SCCNc2ccc(Cl)cc2)c(F)c1. The molecule has 2 aromatic carbocycles. The minimum absolute atomic E-state index is 0.458. The number of benzene rings is 2. The highest BCUT2D eigenvalue weighted by Crippen LogP contribution is 2.22. The molecule has 2 aromatic rings. The normalized spacial score (nSPS) is 10.5. The monoisotopic (exact) mass is 299 g/mol. The van der Waals surface area contributed by atoms with Crippen LogP contribution in [0.2, 0.25) is 5.02 Å². The van der Waals surface area contributed by atoms with E-state index in [0.29, 0.717) is 22.2 Å². The second kappa shape index (κ2) is 6.78. The van der Waals surface area contributed by atoms with Crippen LogP contribution in [0.3, 0.4) is 0 Å². The molecule has 0 atom stereocenters. The topological polar surface area (TPSA) is 12.0 Å². The van der Waals surface area contributed by atoms with E-state index in [1.165, 1.54) is 23.9 Å². The smallest absolute Gasteiger partial charge is 0.139 e. The van der Waals surface area contributed by atoms with Crippen LogP contribution in [-0.4, -0.2) is 12.3 Å². The van der Waals surface area contributed by atoms with Crippen molar-refractivity contribution < 1.29 is 8.78 Å². The van der Waals surface area contributed by atoms with Gasteiger partial charge in [0, 0.05) is 34.0 Å². The molecule has 2 rings (SSSR count). The van der Waals surface area contributed by atoms with Gasteiger partial charge in [-0.25, -0.2) is 8.78 Å². The number of rotatable bonds is 5. The Balaban J connectivity index is 1.79. The van der Waals surface area contributed by atoms with Crippen LogP contribution in [0, 0.1) is 11.6 Å². The lowest BCUT2D eigenvalue weighted by Gasteiger charge is -2.07. The summed E-state index contributed by atoms with van der Waals surface area (Å²) in [5.41, 5.74) is 0.963. The van der Waals surface area contributed by atoms with E-state index < -0.39 is 11.6 Å². The Kier molecular flexibility index (Phi) is 5.05. The third-order valence-corrected chi connectivity index (χ3v) is 3.73. The van der Waals surface area contributed by atoms with Crippen LogP contribution >= 0.6 is 23.4 Å². The molecule has 0 unspecified atom stereocenters. The summed E-state index contributed by atoms with van der Waals surface area (Å²) in [5, 5.41) is 3.89. The van der Waals surface area contributed by atoms with Gasteiger partial charge in [-0.3, -0.25) is 0 Å². The molecule has 1 nitrogen and oxygen atoms in total. The standard InChI is InChI=1S/C14H12ClF2NS/c15-10-1-4-12(5-2-10)18-7-8-19-14-6-3-11(16)9-13(14)17/h1-6,9,18H,7-8H2. The maximum atomic E-state index is 13.3. The molecule has 0 aliphatic heterocycles. The minimum atomic E-state index is -0.555. The Morgan fingerprint density at radius 2 is 1.79 bits per heavy atom. The molecule has 0 saturated carbocycles. The fraction of sp³-hybridized carbons (Fsp3) is 0.143. The van der Waals surface area contributed by atoms with Gasteiger partial charge in [0.15, 0.2) is 0 Å². The fourth-order valence-electron chi connectivity index (χ4n) is 1.52. The van der Waals surface area contributed by atoms with Gasteiger partial charge in [0.25, 0.3) is 0 Å². The van der Waals surface area contributed by atoms with Gasteiger partial charge in [-0.15, -0.1) is 11.8 Å². The van der Waals surface area contributed by atoms with Crippen molar-refractivity contribution in [1.29, 1.82) is 0 Å². The van der Waals surface area contributed by atoms with E-state index in [-0.39, 0.29) is 0 Å².